The van der Waals surface area contributed by atoms with Crippen LogP contribution in [0.25, 0.3) is 43.6 Å². The van der Waals surface area contributed by atoms with Gasteiger partial charge in [0, 0.05) is 46.6 Å². The maximum Gasteiger partial charge on any atom is 0.197 e. The Hall–Kier alpha value is -3.50. The first kappa shape index (κ1) is 29.1. The maximum absolute atomic E-state index is 13.2. The summed E-state index contributed by atoms with van der Waals surface area (Å²) in [6, 6.07) is 11.6. The van der Waals surface area contributed by atoms with Crippen LogP contribution in [0.15, 0.2) is 46.0 Å². The second-order valence-corrected chi connectivity index (χ2v) is 14.7. The van der Waals surface area contributed by atoms with Gasteiger partial charge in [0.05, 0.1) is 22.1 Å². The van der Waals surface area contributed by atoms with E-state index in [0.29, 0.717) is 32.6 Å². The molecule has 0 aliphatic carbocycles. The highest BCUT2D eigenvalue weighted by Gasteiger charge is 2.13. The van der Waals surface area contributed by atoms with Crippen LogP contribution in [0.4, 0.5) is 0 Å². The molecule has 38 heavy (non-hydrogen) atoms. The van der Waals surface area contributed by atoms with Gasteiger partial charge in [0.25, 0.3) is 0 Å². The van der Waals surface area contributed by atoms with Crippen LogP contribution in [0, 0.1) is 27.7 Å². The molecular formula is C28H32N2O6S2. The van der Waals surface area contributed by atoms with Crippen molar-refractivity contribution in [2.75, 3.05) is 25.0 Å². The second kappa shape index (κ2) is 10.3. The lowest BCUT2D eigenvalue weighted by Crippen LogP contribution is -2.09. The largest absolute Gasteiger partial charge is 0.354 e. The van der Waals surface area contributed by atoms with Gasteiger partial charge in [0.1, 0.15) is 19.7 Å². The molecule has 0 saturated heterocycles. The number of H-pyrrole nitrogens is 2. The van der Waals surface area contributed by atoms with Crippen molar-refractivity contribution < 1.29 is 16.8 Å². The van der Waals surface area contributed by atoms with Gasteiger partial charge in [-0.05, 0) is 74.2 Å². The predicted molar refractivity (Wildman–Crippen MR) is 158 cm³/mol. The van der Waals surface area contributed by atoms with Crippen molar-refractivity contribution in [3.63, 3.8) is 0 Å². The van der Waals surface area contributed by atoms with Gasteiger partial charge in [-0.1, -0.05) is 12.1 Å². The third-order valence-electron chi connectivity index (χ3n) is 5.62. The zero-order chi connectivity index (χ0) is 28.7. The number of benzene rings is 3. The van der Waals surface area contributed by atoms with Crippen molar-refractivity contribution in [1.82, 2.24) is 9.97 Å². The van der Waals surface area contributed by atoms with Crippen molar-refractivity contribution in [1.29, 1.82) is 0 Å². The number of aryl methyl sites for hydroxylation is 4. The summed E-state index contributed by atoms with van der Waals surface area (Å²) in [6.45, 7) is 7.96. The minimum Gasteiger partial charge on any atom is -0.354 e. The average Bonchev–Trinajstić information content (AvgIpc) is 2.73. The molecule has 2 aromatic heterocycles. The Labute approximate surface area is 221 Å². The smallest absolute Gasteiger partial charge is 0.197 e. The van der Waals surface area contributed by atoms with Crippen molar-refractivity contribution in [3.05, 3.63) is 79.1 Å². The predicted octanol–water partition coefficient (Wildman–Crippen LogP) is 4.23. The molecule has 0 bridgehead atoms. The van der Waals surface area contributed by atoms with E-state index in [-0.39, 0.29) is 10.9 Å². The standard InChI is InChI=1S/C24H20N2O2.2C2H6O2S/c1-11-5-13(3)21-17(7-11)23(27)15-9-20-16(10-19(15)25-21)24(28)18-8-12(2)6-14(4)22(18)26-20;2*1-5(2,3)4/h5-10H,1-4H3,(H,25,27)(H,26,28);2*1-2H3. The molecular weight excluding hydrogens is 524 g/mol. The third kappa shape index (κ3) is 6.87. The summed E-state index contributed by atoms with van der Waals surface area (Å²) in [7, 11) is -5.33. The first-order valence-corrected chi connectivity index (χ1v) is 16.3. The second-order valence-electron chi connectivity index (χ2n) is 10.1. The van der Waals surface area contributed by atoms with E-state index < -0.39 is 19.7 Å². The average molecular weight is 557 g/mol. The Morgan fingerprint density at radius 1 is 0.500 bits per heavy atom. The Bertz CT molecular complexity index is 1900. The molecule has 2 heterocycles. The molecule has 0 aliphatic rings. The highest BCUT2D eigenvalue weighted by Crippen LogP contribution is 2.25. The highest BCUT2D eigenvalue weighted by atomic mass is 32.2. The van der Waals surface area contributed by atoms with Crippen molar-refractivity contribution in [3.8, 4) is 0 Å². The van der Waals surface area contributed by atoms with E-state index in [0.717, 1.165) is 58.3 Å². The molecule has 0 spiro atoms. The fourth-order valence-corrected chi connectivity index (χ4v) is 4.37. The van der Waals surface area contributed by atoms with E-state index in [9.17, 15) is 26.4 Å². The Morgan fingerprint density at radius 3 is 1.08 bits per heavy atom. The van der Waals surface area contributed by atoms with Gasteiger partial charge in [0.2, 0.25) is 0 Å². The van der Waals surface area contributed by atoms with Crippen LogP contribution in [0.5, 0.6) is 0 Å². The highest BCUT2D eigenvalue weighted by molar-refractivity contribution is 7.90. The van der Waals surface area contributed by atoms with Crippen molar-refractivity contribution in [2.24, 2.45) is 0 Å². The van der Waals surface area contributed by atoms with E-state index in [2.05, 4.69) is 22.1 Å². The molecule has 5 rings (SSSR count). The molecule has 10 heteroatoms. The Morgan fingerprint density at radius 2 is 0.789 bits per heavy atom. The minimum absolute atomic E-state index is 0.0148. The molecule has 8 nitrogen and oxygen atoms in total. The van der Waals surface area contributed by atoms with Crippen LogP contribution in [-0.4, -0.2) is 51.8 Å². The summed E-state index contributed by atoms with van der Waals surface area (Å²) in [4.78, 5) is 33.1. The van der Waals surface area contributed by atoms with Gasteiger partial charge in [0.15, 0.2) is 10.9 Å². The molecule has 0 saturated carbocycles. The van der Waals surface area contributed by atoms with Crippen LogP contribution in [0.3, 0.4) is 0 Å². The lowest BCUT2D eigenvalue weighted by molar-refractivity contribution is 0.605. The molecule has 0 unspecified atom stereocenters. The van der Waals surface area contributed by atoms with E-state index in [1.807, 2.05) is 39.8 Å². The lowest BCUT2D eigenvalue weighted by Gasteiger charge is -2.10. The Kier molecular flexibility index (Phi) is 7.91. The SMILES string of the molecule is CS(C)(=O)=O.CS(C)(=O)=O.Cc1cc(C)c2[nH]c3cc4c(=O)c5cc(C)cc(C)c5[nH]c4cc3c(=O)c2c1. The lowest BCUT2D eigenvalue weighted by atomic mass is 10.0. The topological polar surface area (TPSA) is 134 Å². The number of pyridine rings is 2. The van der Waals surface area contributed by atoms with Crippen LogP contribution in [0.1, 0.15) is 22.3 Å². The molecule has 0 aliphatic heterocycles. The summed E-state index contributed by atoms with van der Waals surface area (Å²) in [5.41, 5.74) is 7.15. The molecule has 0 radical (unpaired) electrons. The normalized spacial score (nSPS) is 11.8. The monoisotopic (exact) mass is 556 g/mol. The van der Waals surface area contributed by atoms with Gasteiger partial charge >= 0.3 is 0 Å². The first-order chi connectivity index (χ1) is 17.3. The number of rotatable bonds is 0. The van der Waals surface area contributed by atoms with E-state index in [1.54, 1.807) is 12.1 Å². The molecule has 202 valence electrons. The molecule has 0 amide bonds. The van der Waals surface area contributed by atoms with Crippen LogP contribution < -0.4 is 10.9 Å². The number of nitrogens with one attached hydrogen (secondary N) is 2. The maximum atomic E-state index is 13.2. The fraction of sp³-hybridized carbons (Fsp3) is 0.286. The number of hydrogen-bond donors (Lipinski definition) is 2. The number of hydrogen-bond acceptors (Lipinski definition) is 6. The number of aromatic amines is 2. The van der Waals surface area contributed by atoms with Crippen LogP contribution >= 0.6 is 0 Å². The number of aromatic nitrogens is 2. The van der Waals surface area contributed by atoms with Gasteiger partial charge in [-0.3, -0.25) is 9.59 Å². The van der Waals surface area contributed by atoms with Gasteiger partial charge in [-0.2, -0.15) is 0 Å². The zero-order valence-corrected chi connectivity index (χ0v) is 24.4. The first-order valence-electron chi connectivity index (χ1n) is 11.7. The minimum atomic E-state index is -2.67. The van der Waals surface area contributed by atoms with Crippen molar-refractivity contribution >= 4 is 63.3 Å². The van der Waals surface area contributed by atoms with E-state index in [4.69, 9.17) is 0 Å². The zero-order valence-electron chi connectivity index (χ0n) is 22.7. The molecule has 0 fully saturated rings. The summed E-state index contributed by atoms with van der Waals surface area (Å²) >= 11 is 0. The third-order valence-corrected chi connectivity index (χ3v) is 5.62. The number of sulfone groups is 2. The molecule has 3 aromatic carbocycles. The van der Waals surface area contributed by atoms with Crippen LogP contribution in [0.2, 0.25) is 0 Å². The van der Waals surface area contributed by atoms with E-state index >= 15 is 0 Å². The quantitative estimate of drug-likeness (QED) is 0.274. The van der Waals surface area contributed by atoms with E-state index in [1.165, 1.54) is 0 Å². The van der Waals surface area contributed by atoms with Gasteiger partial charge in [-0.15, -0.1) is 0 Å². The molecule has 2 N–H and O–H groups in total. The number of fused-ring (bicyclic) bond motifs is 4. The molecule has 5 aromatic rings. The van der Waals surface area contributed by atoms with Gasteiger partial charge < -0.3 is 9.97 Å². The Balaban J connectivity index is 0.000000344. The molecule has 0 atom stereocenters. The fourth-order valence-electron chi connectivity index (χ4n) is 4.37. The summed E-state index contributed by atoms with van der Waals surface area (Å²) in [5.74, 6) is 0. The van der Waals surface area contributed by atoms with Crippen LogP contribution in [-0.2, 0) is 19.7 Å². The van der Waals surface area contributed by atoms with Gasteiger partial charge in [-0.25, -0.2) is 16.8 Å². The summed E-state index contributed by atoms with van der Waals surface area (Å²) in [6.07, 6.45) is 4.64. The summed E-state index contributed by atoms with van der Waals surface area (Å²) in [5, 5.41) is 2.54. The summed E-state index contributed by atoms with van der Waals surface area (Å²) < 4.78 is 38.5. The van der Waals surface area contributed by atoms with Crippen molar-refractivity contribution in [2.45, 2.75) is 27.7 Å².